The molecule has 3 heteroatoms. The van der Waals surface area contributed by atoms with Gasteiger partial charge in [0.1, 0.15) is 5.82 Å². The number of hydrogen-bond acceptors (Lipinski definition) is 3. The van der Waals surface area contributed by atoms with Gasteiger partial charge in [-0.05, 0) is 44.4 Å². The average molecular weight is 275 g/mol. The normalized spacial score (nSPS) is 16.6. The summed E-state index contributed by atoms with van der Waals surface area (Å²) in [7, 11) is 2.22. The van der Waals surface area contributed by atoms with E-state index in [4.69, 9.17) is 4.98 Å². The number of rotatable bonds is 7. The van der Waals surface area contributed by atoms with Gasteiger partial charge in [-0.3, -0.25) is 0 Å². The summed E-state index contributed by atoms with van der Waals surface area (Å²) < 4.78 is 0. The van der Waals surface area contributed by atoms with E-state index in [1.807, 2.05) is 0 Å². The summed E-state index contributed by atoms with van der Waals surface area (Å²) in [5.41, 5.74) is 1.17. The molecular weight excluding hydrogens is 246 g/mol. The van der Waals surface area contributed by atoms with Crippen LogP contribution in [0.5, 0.6) is 0 Å². The van der Waals surface area contributed by atoms with Crippen molar-refractivity contribution in [2.24, 2.45) is 5.92 Å². The number of nitrogens with one attached hydrogen (secondary N) is 1. The molecule has 1 heterocycles. The molecule has 0 unspecified atom stereocenters. The lowest BCUT2D eigenvalue weighted by Crippen LogP contribution is -2.27. The SMILES string of the molecule is CCCNc1cccc(CN(C)CC2CCCCC2)n1. The molecule has 0 aliphatic heterocycles. The van der Waals surface area contributed by atoms with Crippen LogP contribution in [0.15, 0.2) is 18.2 Å². The Morgan fingerprint density at radius 1 is 1.25 bits per heavy atom. The van der Waals surface area contributed by atoms with Crippen LogP contribution in [0.3, 0.4) is 0 Å². The first-order chi connectivity index (χ1) is 9.78. The van der Waals surface area contributed by atoms with E-state index in [-0.39, 0.29) is 0 Å². The number of pyridine rings is 1. The van der Waals surface area contributed by atoms with Crippen molar-refractivity contribution in [1.82, 2.24) is 9.88 Å². The fourth-order valence-electron chi connectivity index (χ4n) is 3.07. The van der Waals surface area contributed by atoms with E-state index >= 15 is 0 Å². The molecule has 1 aromatic rings. The molecule has 2 rings (SSSR count). The molecule has 112 valence electrons. The molecule has 1 N–H and O–H groups in total. The molecule has 0 radical (unpaired) electrons. The van der Waals surface area contributed by atoms with Crippen molar-refractivity contribution >= 4 is 5.82 Å². The van der Waals surface area contributed by atoms with E-state index in [0.717, 1.165) is 31.2 Å². The third kappa shape index (κ3) is 5.12. The van der Waals surface area contributed by atoms with Gasteiger partial charge in [-0.1, -0.05) is 32.3 Å². The molecule has 20 heavy (non-hydrogen) atoms. The van der Waals surface area contributed by atoms with Crippen molar-refractivity contribution in [2.75, 3.05) is 25.5 Å². The third-order valence-corrected chi connectivity index (χ3v) is 4.09. The molecule has 1 fully saturated rings. The highest BCUT2D eigenvalue weighted by molar-refractivity contribution is 5.35. The summed E-state index contributed by atoms with van der Waals surface area (Å²) in [6.45, 7) is 5.34. The fourth-order valence-corrected chi connectivity index (χ4v) is 3.07. The maximum absolute atomic E-state index is 4.69. The summed E-state index contributed by atoms with van der Waals surface area (Å²) in [5, 5.41) is 3.36. The molecule has 1 aromatic heterocycles. The Labute approximate surface area is 123 Å². The van der Waals surface area contributed by atoms with Crippen LogP contribution in [-0.2, 0) is 6.54 Å². The lowest BCUT2D eigenvalue weighted by molar-refractivity contribution is 0.226. The molecule has 1 saturated carbocycles. The molecule has 0 spiro atoms. The second-order valence-electron chi connectivity index (χ2n) is 6.14. The van der Waals surface area contributed by atoms with Gasteiger partial charge >= 0.3 is 0 Å². The van der Waals surface area contributed by atoms with Gasteiger partial charge < -0.3 is 10.2 Å². The van der Waals surface area contributed by atoms with Crippen LogP contribution < -0.4 is 5.32 Å². The minimum Gasteiger partial charge on any atom is -0.370 e. The lowest BCUT2D eigenvalue weighted by atomic mass is 9.89. The topological polar surface area (TPSA) is 28.2 Å². The van der Waals surface area contributed by atoms with E-state index in [9.17, 15) is 0 Å². The average Bonchev–Trinajstić information content (AvgIpc) is 2.46. The monoisotopic (exact) mass is 275 g/mol. The first-order valence-electron chi connectivity index (χ1n) is 8.16. The van der Waals surface area contributed by atoms with Gasteiger partial charge in [0.15, 0.2) is 0 Å². The maximum atomic E-state index is 4.69. The molecule has 1 aliphatic carbocycles. The van der Waals surface area contributed by atoms with Crippen LogP contribution in [0, 0.1) is 5.92 Å². The predicted octanol–water partition coefficient (Wildman–Crippen LogP) is 3.92. The van der Waals surface area contributed by atoms with Gasteiger partial charge in [-0.25, -0.2) is 4.98 Å². The highest BCUT2D eigenvalue weighted by Gasteiger charge is 2.15. The Morgan fingerprint density at radius 3 is 2.80 bits per heavy atom. The van der Waals surface area contributed by atoms with E-state index in [0.29, 0.717) is 0 Å². The molecule has 0 amide bonds. The molecule has 0 aromatic carbocycles. The zero-order valence-corrected chi connectivity index (χ0v) is 13.1. The minimum absolute atomic E-state index is 0.898. The molecule has 1 aliphatic rings. The first kappa shape index (κ1) is 15.3. The van der Waals surface area contributed by atoms with Crippen molar-refractivity contribution in [1.29, 1.82) is 0 Å². The lowest BCUT2D eigenvalue weighted by Gasteiger charge is -2.26. The van der Waals surface area contributed by atoms with Gasteiger partial charge in [-0.15, -0.1) is 0 Å². The summed E-state index contributed by atoms with van der Waals surface area (Å²) in [5.74, 6) is 1.91. The van der Waals surface area contributed by atoms with Gasteiger partial charge in [0, 0.05) is 19.6 Å². The summed E-state index contributed by atoms with van der Waals surface area (Å²) in [6, 6.07) is 6.30. The van der Waals surface area contributed by atoms with Gasteiger partial charge in [-0.2, -0.15) is 0 Å². The summed E-state index contributed by atoms with van der Waals surface area (Å²) >= 11 is 0. The Hall–Kier alpha value is -1.09. The van der Waals surface area contributed by atoms with Crippen LogP contribution in [-0.4, -0.2) is 30.0 Å². The number of nitrogens with zero attached hydrogens (tertiary/aromatic N) is 2. The maximum Gasteiger partial charge on any atom is 0.126 e. The van der Waals surface area contributed by atoms with Crippen LogP contribution >= 0.6 is 0 Å². The number of aromatic nitrogens is 1. The van der Waals surface area contributed by atoms with Crippen LogP contribution in [0.25, 0.3) is 0 Å². The Morgan fingerprint density at radius 2 is 2.05 bits per heavy atom. The van der Waals surface area contributed by atoms with Crippen molar-refractivity contribution in [2.45, 2.75) is 52.0 Å². The van der Waals surface area contributed by atoms with Crippen molar-refractivity contribution in [3.05, 3.63) is 23.9 Å². The first-order valence-corrected chi connectivity index (χ1v) is 8.16. The summed E-state index contributed by atoms with van der Waals surface area (Å²) in [4.78, 5) is 7.12. The smallest absolute Gasteiger partial charge is 0.126 e. The van der Waals surface area contributed by atoms with E-state index < -0.39 is 0 Å². The minimum atomic E-state index is 0.898. The molecular formula is C17H29N3. The van der Waals surface area contributed by atoms with E-state index in [1.54, 1.807) is 0 Å². The van der Waals surface area contributed by atoms with Gasteiger partial charge in [0.2, 0.25) is 0 Å². The molecule has 0 saturated heterocycles. The second-order valence-corrected chi connectivity index (χ2v) is 6.14. The van der Waals surface area contributed by atoms with Crippen LogP contribution in [0.1, 0.15) is 51.1 Å². The van der Waals surface area contributed by atoms with Crippen molar-refractivity contribution in [3.63, 3.8) is 0 Å². The predicted molar refractivity (Wildman–Crippen MR) is 85.9 cm³/mol. The largest absolute Gasteiger partial charge is 0.370 e. The molecule has 0 atom stereocenters. The van der Waals surface area contributed by atoms with E-state index in [1.165, 1.54) is 44.3 Å². The third-order valence-electron chi connectivity index (χ3n) is 4.09. The Kier molecular flexibility index (Phi) is 6.31. The van der Waals surface area contributed by atoms with Crippen molar-refractivity contribution in [3.8, 4) is 0 Å². The highest BCUT2D eigenvalue weighted by atomic mass is 15.1. The fraction of sp³-hybridized carbons (Fsp3) is 0.706. The number of hydrogen-bond donors (Lipinski definition) is 1. The van der Waals surface area contributed by atoms with Crippen LogP contribution in [0.2, 0.25) is 0 Å². The Balaban J connectivity index is 1.81. The van der Waals surface area contributed by atoms with E-state index in [2.05, 4.69) is 42.4 Å². The molecule has 0 bridgehead atoms. The molecule has 3 nitrogen and oxygen atoms in total. The standard InChI is InChI=1S/C17H29N3/c1-3-12-18-17-11-7-10-16(19-17)14-20(2)13-15-8-5-4-6-9-15/h7,10-11,15H,3-6,8-9,12-14H2,1-2H3,(H,18,19). The van der Waals surface area contributed by atoms with Crippen LogP contribution in [0.4, 0.5) is 5.82 Å². The zero-order valence-electron chi connectivity index (χ0n) is 13.1. The highest BCUT2D eigenvalue weighted by Crippen LogP contribution is 2.24. The Bertz CT molecular complexity index is 386. The summed E-state index contributed by atoms with van der Waals surface area (Å²) in [6.07, 6.45) is 8.24. The van der Waals surface area contributed by atoms with Gasteiger partial charge in [0.05, 0.1) is 5.69 Å². The van der Waals surface area contributed by atoms with Gasteiger partial charge in [0.25, 0.3) is 0 Å². The van der Waals surface area contributed by atoms with Crippen molar-refractivity contribution < 1.29 is 0 Å². The zero-order chi connectivity index (χ0) is 14.2. The second kappa shape index (κ2) is 8.25. The quantitative estimate of drug-likeness (QED) is 0.817. The number of anilines is 1.